The summed E-state index contributed by atoms with van der Waals surface area (Å²) < 4.78 is 1.68. The number of nitrogens with zero attached hydrogens (tertiary/aromatic N) is 2. The molecule has 0 aliphatic heterocycles. The van der Waals surface area contributed by atoms with E-state index in [4.69, 9.17) is 4.98 Å². The van der Waals surface area contributed by atoms with Crippen LogP contribution in [0, 0.1) is 13.8 Å². The molecule has 142 valence electrons. The summed E-state index contributed by atoms with van der Waals surface area (Å²) >= 11 is 2.90. The molecule has 0 bridgehead atoms. The van der Waals surface area contributed by atoms with Gasteiger partial charge >= 0.3 is 0 Å². The lowest BCUT2D eigenvalue weighted by molar-refractivity contribution is 0.0994. The number of aryl methyl sites for hydroxylation is 3. The molecule has 0 saturated heterocycles. The Morgan fingerprint density at radius 3 is 2.48 bits per heavy atom. The quantitative estimate of drug-likeness (QED) is 0.331. The highest BCUT2D eigenvalue weighted by molar-refractivity contribution is 8.00. The number of rotatable bonds is 6. The van der Waals surface area contributed by atoms with Crippen LogP contribution in [0.25, 0.3) is 10.2 Å². The number of hydrogen-bond acceptors (Lipinski definition) is 5. The van der Waals surface area contributed by atoms with Gasteiger partial charge in [-0.3, -0.25) is 14.2 Å². The number of hydrogen-bond donors (Lipinski definition) is 0. The summed E-state index contributed by atoms with van der Waals surface area (Å²) in [6.45, 7) is 10.4. The first-order valence-corrected chi connectivity index (χ1v) is 10.9. The van der Waals surface area contributed by atoms with Crippen LogP contribution < -0.4 is 5.56 Å². The van der Waals surface area contributed by atoms with Gasteiger partial charge in [-0.05, 0) is 45.2 Å². The second-order valence-corrected chi connectivity index (χ2v) is 9.09. The van der Waals surface area contributed by atoms with Crippen LogP contribution in [0.1, 0.15) is 47.1 Å². The monoisotopic (exact) mass is 400 g/mol. The third-order valence-electron chi connectivity index (χ3n) is 4.87. The molecule has 0 unspecified atom stereocenters. The van der Waals surface area contributed by atoms with Crippen molar-refractivity contribution in [2.45, 2.75) is 58.0 Å². The molecule has 0 saturated carbocycles. The summed E-state index contributed by atoms with van der Waals surface area (Å²) in [6, 6.07) is 7.75. The van der Waals surface area contributed by atoms with E-state index in [1.54, 1.807) is 4.57 Å². The molecule has 3 rings (SSSR count). The Bertz CT molecular complexity index is 1050. The van der Waals surface area contributed by atoms with E-state index >= 15 is 0 Å². The smallest absolute Gasteiger partial charge is 0.263 e. The molecular formula is C21H24N2O2S2. The predicted octanol–water partition coefficient (Wildman–Crippen LogP) is 5.02. The van der Waals surface area contributed by atoms with Crippen LogP contribution in [-0.4, -0.2) is 20.6 Å². The molecule has 0 radical (unpaired) electrons. The van der Waals surface area contributed by atoms with Gasteiger partial charge in [-0.2, -0.15) is 0 Å². The van der Waals surface area contributed by atoms with E-state index in [1.165, 1.54) is 28.7 Å². The van der Waals surface area contributed by atoms with Crippen LogP contribution in [0.4, 0.5) is 0 Å². The summed E-state index contributed by atoms with van der Waals surface area (Å²) in [5, 5.41) is 1.00. The lowest BCUT2D eigenvalue weighted by atomic mass is 10.1. The van der Waals surface area contributed by atoms with E-state index in [-0.39, 0.29) is 16.6 Å². The van der Waals surface area contributed by atoms with Gasteiger partial charge in [-0.1, -0.05) is 43.0 Å². The van der Waals surface area contributed by atoms with Crippen molar-refractivity contribution >= 4 is 39.1 Å². The molecule has 6 heteroatoms. The van der Waals surface area contributed by atoms with Gasteiger partial charge < -0.3 is 0 Å². The van der Waals surface area contributed by atoms with Crippen molar-refractivity contribution in [1.82, 2.24) is 9.55 Å². The van der Waals surface area contributed by atoms with E-state index in [9.17, 15) is 9.59 Å². The molecule has 27 heavy (non-hydrogen) atoms. The molecule has 1 atom stereocenters. The van der Waals surface area contributed by atoms with Crippen LogP contribution in [0.3, 0.4) is 0 Å². The summed E-state index contributed by atoms with van der Waals surface area (Å²) in [6.07, 6.45) is 0.950. The lowest BCUT2D eigenvalue weighted by Gasteiger charge is -2.14. The fourth-order valence-corrected chi connectivity index (χ4v) is 5.15. The van der Waals surface area contributed by atoms with Gasteiger partial charge in [0, 0.05) is 17.0 Å². The van der Waals surface area contributed by atoms with Crippen LogP contribution in [0.15, 0.2) is 34.2 Å². The Hall–Kier alpha value is -1.92. The number of benzene rings is 1. The Labute approximate surface area is 167 Å². The molecule has 3 aromatic rings. The van der Waals surface area contributed by atoms with Crippen molar-refractivity contribution in [1.29, 1.82) is 0 Å². The topological polar surface area (TPSA) is 52.0 Å². The summed E-state index contributed by atoms with van der Waals surface area (Å²) in [7, 11) is 0. The van der Waals surface area contributed by atoms with Crippen molar-refractivity contribution in [3.8, 4) is 0 Å². The van der Waals surface area contributed by atoms with Crippen molar-refractivity contribution < 1.29 is 4.79 Å². The van der Waals surface area contributed by atoms with E-state index in [2.05, 4.69) is 6.92 Å². The van der Waals surface area contributed by atoms with E-state index < -0.39 is 0 Å². The van der Waals surface area contributed by atoms with Gasteiger partial charge in [0.1, 0.15) is 4.83 Å². The molecule has 0 aliphatic carbocycles. The van der Waals surface area contributed by atoms with Crippen molar-refractivity contribution in [3.05, 3.63) is 56.2 Å². The van der Waals surface area contributed by atoms with Crippen molar-refractivity contribution in [2.24, 2.45) is 0 Å². The van der Waals surface area contributed by atoms with Gasteiger partial charge in [-0.15, -0.1) is 11.3 Å². The SMILES string of the molecule is CCc1ccc(C(=O)[C@@H](C)Sc2nc3sc(C)c(C)c3c(=O)n2CC)cc1. The Kier molecular flexibility index (Phi) is 5.86. The molecule has 0 aliphatic rings. The number of carbonyl (C=O) groups is 1. The minimum atomic E-state index is -0.318. The molecule has 0 amide bonds. The van der Waals surface area contributed by atoms with Gasteiger partial charge in [-0.25, -0.2) is 4.98 Å². The average molecular weight is 401 g/mol. The number of thioether (sulfide) groups is 1. The highest BCUT2D eigenvalue weighted by atomic mass is 32.2. The first-order chi connectivity index (χ1) is 12.9. The number of thiophene rings is 1. The Morgan fingerprint density at radius 1 is 1.22 bits per heavy atom. The molecule has 2 heterocycles. The molecule has 4 nitrogen and oxygen atoms in total. The summed E-state index contributed by atoms with van der Waals surface area (Å²) in [5.41, 5.74) is 2.90. The first-order valence-electron chi connectivity index (χ1n) is 9.17. The third-order valence-corrected chi connectivity index (χ3v) is 7.06. The number of ketones is 1. The molecule has 0 spiro atoms. The van der Waals surface area contributed by atoms with Crippen LogP contribution in [0.5, 0.6) is 0 Å². The normalized spacial score (nSPS) is 12.5. The van der Waals surface area contributed by atoms with E-state index in [0.29, 0.717) is 22.7 Å². The minimum Gasteiger partial charge on any atom is -0.293 e. The molecular weight excluding hydrogens is 376 g/mol. The fourth-order valence-electron chi connectivity index (χ4n) is 3.03. The van der Waals surface area contributed by atoms with Gasteiger partial charge in [0.25, 0.3) is 5.56 Å². The average Bonchev–Trinajstić information content (AvgIpc) is 2.95. The zero-order valence-electron chi connectivity index (χ0n) is 16.3. The zero-order chi connectivity index (χ0) is 19.7. The predicted molar refractivity (Wildman–Crippen MR) is 114 cm³/mol. The number of fused-ring (bicyclic) bond motifs is 1. The van der Waals surface area contributed by atoms with E-state index in [0.717, 1.165) is 21.7 Å². The van der Waals surface area contributed by atoms with Gasteiger partial charge in [0.15, 0.2) is 10.9 Å². The van der Waals surface area contributed by atoms with Crippen LogP contribution in [-0.2, 0) is 13.0 Å². The maximum absolute atomic E-state index is 12.9. The largest absolute Gasteiger partial charge is 0.293 e. The minimum absolute atomic E-state index is 0.0150. The second kappa shape index (κ2) is 7.98. The third kappa shape index (κ3) is 3.73. The maximum atomic E-state index is 12.9. The van der Waals surface area contributed by atoms with E-state index in [1.807, 2.05) is 52.0 Å². The second-order valence-electron chi connectivity index (χ2n) is 6.58. The zero-order valence-corrected chi connectivity index (χ0v) is 18.0. The Balaban J connectivity index is 1.95. The van der Waals surface area contributed by atoms with Crippen molar-refractivity contribution in [2.75, 3.05) is 0 Å². The van der Waals surface area contributed by atoms with Crippen LogP contribution in [0.2, 0.25) is 0 Å². The van der Waals surface area contributed by atoms with Crippen molar-refractivity contribution in [3.63, 3.8) is 0 Å². The lowest BCUT2D eigenvalue weighted by Crippen LogP contribution is -2.24. The first kappa shape index (κ1) is 19.8. The standard InChI is InChI=1S/C21H24N2O2S2/c1-6-15-8-10-16(11-9-15)18(24)14(5)27-21-22-19-17(12(3)13(4)26-19)20(25)23(21)7-2/h8-11,14H,6-7H2,1-5H3/t14-/m1/s1. The van der Waals surface area contributed by atoms with Crippen LogP contribution >= 0.6 is 23.1 Å². The number of carbonyl (C=O) groups excluding carboxylic acids is 1. The molecule has 2 aromatic heterocycles. The summed E-state index contributed by atoms with van der Waals surface area (Å²) in [5.74, 6) is 0.0539. The van der Waals surface area contributed by atoms with Gasteiger partial charge in [0.2, 0.25) is 0 Å². The highest BCUT2D eigenvalue weighted by Crippen LogP contribution is 2.30. The molecule has 1 aromatic carbocycles. The molecule has 0 fully saturated rings. The number of Topliss-reactive ketones (excluding diaryl/α,β-unsaturated/α-hetero) is 1. The highest BCUT2D eigenvalue weighted by Gasteiger charge is 2.21. The summed E-state index contributed by atoms with van der Waals surface area (Å²) in [4.78, 5) is 32.4. The molecule has 0 N–H and O–H groups in total. The number of aromatic nitrogens is 2. The Morgan fingerprint density at radius 2 is 1.89 bits per heavy atom. The maximum Gasteiger partial charge on any atom is 0.263 e. The fraction of sp³-hybridized carbons (Fsp3) is 0.381. The van der Waals surface area contributed by atoms with Gasteiger partial charge in [0.05, 0.1) is 10.6 Å².